The van der Waals surface area contributed by atoms with E-state index in [0.29, 0.717) is 13.1 Å². The molecule has 1 aromatic heterocycles. The van der Waals surface area contributed by atoms with Crippen molar-refractivity contribution in [1.82, 2.24) is 5.32 Å². The third-order valence-corrected chi connectivity index (χ3v) is 2.22. The number of primary sulfonamides is 1. The van der Waals surface area contributed by atoms with E-state index in [9.17, 15) is 8.42 Å². The van der Waals surface area contributed by atoms with Crippen LogP contribution in [0.2, 0.25) is 0 Å². The number of sulfonamides is 1. The maximum absolute atomic E-state index is 10.5. The average Bonchev–Trinajstić information content (AvgIpc) is 2.48. The highest BCUT2D eigenvalue weighted by Crippen LogP contribution is 1.97. The van der Waals surface area contributed by atoms with Crippen LogP contribution in [0.15, 0.2) is 22.8 Å². The lowest BCUT2D eigenvalue weighted by Gasteiger charge is -2.00. The van der Waals surface area contributed by atoms with Gasteiger partial charge in [0.25, 0.3) is 0 Å². The number of nitrogens with two attached hydrogens (primary N) is 1. The zero-order chi connectivity index (χ0) is 9.73. The summed E-state index contributed by atoms with van der Waals surface area (Å²) >= 11 is 0. The fourth-order valence-electron chi connectivity index (χ4n) is 0.839. The Morgan fingerprint density at radius 1 is 1.54 bits per heavy atom. The lowest BCUT2D eigenvalue weighted by Crippen LogP contribution is -2.26. The smallest absolute Gasteiger partial charge is 0.210 e. The molecule has 5 nitrogen and oxygen atoms in total. The quantitative estimate of drug-likeness (QED) is 0.642. The van der Waals surface area contributed by atoms with Gasteiger partial charge in [-0.05, 0) is 12.1 Å². The summed E-state index contributed by atoms with van der Waals surface area (Å²) in [5, 5.41) is 7.70. The van der Waals surface area contributed by atoms with Crippen LogP contribution >= 0.6 is 0 Å². The van der Waals surface area contributed by atoms with E-state index < -0.39 is 10.0 Å². The van der Waals surface area contributed by atoms with Gasteiger partial charge in [-0.3, -0.25) is 0 Å². The summed E-state index contributed by atoms with van der Waals surface area (Å²) in [6, 6.07) is 3.58. The van der Waals surface area contributed by atoms with Crippen molar-refractivity contribution in [3.8, 4) is 0 Å². The summed E-state index contributed by atoms with van der Waals surface area (Å²) < 4.78 is 26.0. The van der Waals surface area contributed by atoms with Crippen LogP contribution in [0.25, 0.3) is 0 Å². The molecule has 3 N–H and O–H groups in total. The van der Waals surface area contributed by atoms with Gasteiger partial charge >= 0.3 is 0 Å². The number of hydrogen-bond acceptors (Lipinski definition) is 4. The summed E-state index contributed by atoms with van der Waals surface area (Å²) in [5.74, 6) is 0.711. The number of nitrogens with one attached hydrogen (secondary N) is 1. The molecule has 0 bridgehead atoms. The van der Waals surface area contributed by atoms with E-state index in [0.717, 1.165) is 5.76 Å². The topological polar surface area (TPSA) is 85.3 Å². The van der Waals surface area contributed by atoms with Crippen LogP contribution in [-0.2, 0) is 16.6 Å². The Bertz CT molecular complexity index is 331. The summed E-state index contributed by atoms with van der Waals surface area (Å²) in [6.45, 7) is 0.849. The van der Waals surface area contributed by atoms with Crippen molar-refractivity contribution in [1.29, 1.82) is 0 Å². The molecule has 0 spiro atoms. The molecule has 1 aromatic rings. The van der Waals surface area contributed by atoms with E-state index >= 15 is 0 Å². The summed E-state index contributed by atoms with van der Waals surface area (Å²) in [4.78, 5) is 0. The van der Waals surface area contributed by atoms with Crippen LogP contribution in [0.4, 0.5) is 0 Å². The molecule has 0 unspecified atom stereocenters. The first kappa shape index (κ1) is 10.2. The van der Waals surface area contributed by atoms with Gasteiger partial charge in [0, 0.05) is 6.54 Å². The highest BCUT2D eigenvalue weighted by molar-refractivity contribution is 7.89. The fourth-order valence-corrected chi connectivity index (χ4v) is 1.27. The molecule has 0 aliphatic rings. The minimum Gasteiger partial charge on any atom is -0.468 e. The third-order valence-electron chi connectivity index (χ3n) is 1.44. The minimum absolute atomic E-state index is 0.0618. The van der Waals surface area contributed by atoms with Crippen LogP contribution in [-0.4, -0.2) is 20.7 Å². The molecular formula is C7H12N2O3S. The van der Waals surface area contributed by atoms with Crippen molar-refractivity contribution in [3.05, 3.63) is 24.2 Å². The van der Waals surface area contributed by atoms with Crippen LogP contribution in [0.3, 0.4) is 0 Å². The van der Waals surface area contributed by atoms with Gasteiger partial charge in [-0.25, -0.2) is 13.6 Å². The third kappa shape index (κ3) is 4.66. The Labute approximate surface area is 77.0 Å². The van der Waals surface area contributed by atoms with Gasteiger partial charge in [0.15, 0.2) is 0 Å². The molecule has 0 atom stereocenters. The minimum atomic E-state index is -3.36. The second kappa shape index (κ2) is 4.40. The number of rotatable bonds is 5. The molecule has 1 rings (SSSR count). The lowest BCUT2D eigenvalue weighted by molar-refractivity contribution is 0.487. The van der Waals surface area contributed by atoms with E-state index in [-0.39, 0.29) is 5.75 Å². The second-order valence-corrected chi connectivity index (χ2v) is 4.36. The van der Waals surface area contributed by atoms with Crippen LogP contribution < -0.4 is 10.5 Å². The van der Waals surface area contributed by atoms with Gasteiger partial charge in [-0.2, -0.15) is 0 Å². The van der Waals surface area contributed by atoms with E-state index in [1.54, 1.807) is 12.3 Å². The van der Waals surface area contributed by atoms with Crippen molar-refractivity contribution in [2.24, 2.45) is 5.14 Å². The van der Waals surface area contributed by atoms with Gasteiger partial charge < -0.3 is 9.73 Å². The predicted molar refractivity (Wildman–Crippen MR) is 48.4 cm³/mol. The normalized spacial score (nSPS) is 11.8. The molecule has 1 heterocycles. The fraction of sp³-hybridized carbons (Fsp3) is 0.429. The Morgan fingerprint density at radius 2 is 2.31 bits per heavy atom. The van der Waals surface area contributed by atoms with E-state index in [4.69, 9.17) is 9.56 Å². The van der Waals surface area contributed by atoms with Gasteiger partial charge in [0.2, 0.25) is 10.0 Å². The van der Waals surface area contributed by atoms with Crippen molar-refractivity contribution in [2.45, 2.75) is 6.54 Å². The maximum Gasteiger partial charge on any atom is 0.210 e. The molecular weight excluding hydrogens is 192 g/mol. The average molecular weight is 204 g/mol. The van der Waals surface area contributed by atoms with Crippen molar-refractivity contribution < 1.29 is 12.8 Å². The van der Waals surface area contributed by atoms with E-state index in [2.05, 4.69) is 5.32 Å². The highest BCUT2D eigenvalue weighted by Gasteiger charge is 2.01. The first-order chi connectivity index (χ1) is 6.08. The van der Waals surface area contributed by atoms with Crippen LogP contribution in [0, 0.1) is 0 Å². The number of furan rings is 1. The largest absolute Gasteiger partial charge is 0.468 e. The Kier molecular flexibility index (Phi) is 3.47. The summed E-state index contributed by atoms with van der Waals surface area (Å²) in [5.41, 5.74) is 0. The molecule has 0 saturated carbocycles. The molecule has 0 radical (unpaired) electrons. The molecule has 0 aromatic carbocycles. The monoisotopic (exact) mass is 204 g/mol. The first-order valence-electron chi connectivity index (χ1n) is 3.81. The maximum atomic E-state index is 10.5. The van der Waals surface area contributed by atoms with Gasteiger partial charge in [0.05, 0.1) is 18.6 Å². The standard InChI is InChI=1S/C7H12N2O3S/c8-13(10,11)5-3-9-6-7-2-1-4-12-7/h1-2,4,9H,3,5-6H2,(H2,8,10,11). The molecule has 0 amide bonds. The Hall–Kier alpha value is -0.850. The SMILES string of the molecule is NS(=O)(=O)CCNCc1ccco1. The number of hydrogen-bond donors (Lipinski definition) is 2. The van der Waals surface area contributed by atoms with Crippen molar-refractivity contribution >= 4 is 10.0 Å². The zero-order valence-corrected chi connectivity index (χ0v) is 7.88. The zero-order valence-electron chi connectivity index (χ0n) is 7.06. The molecule has 74 valence electrons. The van der Waals surface area contributed by atoms with Gasteiger partial charge in [0.1, 0.15) is 5.76 Å². The first-order valence-corrected chi connectivity index (χ1v) is 5.53. The van der Waals surface area contributed by atoms with Crippen molar-refractivity contribution in [3.63, 3.8) is 0 Å². The van der Waals surface area contributed by atoms with Crippen LogP contribution in [0.1, 0.15) is 5.76 Å². The lowest BCUT2D eigenvalue weighted by atomic mass is 10.4. The molecule has 13 heavy (non-hydrogen) atoms. The molecule has 6 heteroatoms. The van der Waals surface area contributed by atoms with Crippen LogP contribution in [0.5, 0.6) is 0 Å². The summed E-state index contributed by atoms with van der Waals surface area (Å²) in [6.07, 6.45) is 1.57. The highest BCUT2D eigenvalue weighted by atomic mass is 32.2. The second-order valence-electron chi connectivity index (χ2n) is 2.62. The summed E-state index contributed by atoms with van der Waals surface area (Å²) in [7, 11) is -3.36. The molecule has 0 aliphatic heterocycles. The predicted octanol–water partition coefficient (Wildman–Crippen LogP) is -0.342. The van der Waals surface area contributed by atoms with Gasteiger partial charge in [-0.15, -0.1) is 0 Å². The Balaban J connectivity index is 2.16. The molecule has 0 aliphatic carbocycles. The van der Waals surface area contributed by atoms with Crippen molar-refractivity contribution in [2.75, 3.05) is 12.3 Å². The molecule has 0 fully saturated rings. The molecule has 0 saturated heterocycles. The van der Waals surface area contributed by atoms with Gasteiger partial charge in [-0.1, -0.05) is 0 Å². The van der Waals surface area contributed by atoms with E-state index in [1.165, 1.54) is 0 Å². The van der Waals surface area contributed by atoms with E-state index in [1.807, 2.05) is 6.07 Å². The Morgan fingerprint density at radius 3 is 2.85 bits per heavy atom.